The molecular weight excluding hydrogens is 338 g/mol. The molecule has 0 aliphatic carbocycles. The number of rotatable bonds is 5. The van der Waals surface area contributed by atoms with Crippen molar-refractivity contribution in [2.24, 2.45) is 0 Å². The van der Waals surface area contributed by atoms with E-state index in [0.717, 1.165) is 31.6 Å². The van der Waals surface area contributed by atoms with Crippen LogP contribution in [0.1, 0.15) is 30.5 Å². The first kappa shape index (κ1) is 17.3. The van der Waals surface area contributed by atoms with Crippen LogP contribution < -0.4 is 5.73 Å². The summed E-state index contributed by atoms with van der Waals surface area (Å²) >= 11 is 3.39. The highest BCUT2D eigenvalue weighted by atomic mass is 32.2. The van der Waals surface area contributed by atoms with Gasteiger partial charge >= 0.3 is 0 Å². The molecule has 1 aliphatic heterocycles. The highest BCUT2D eigenvalue weighted by molar-refractivity contribution is 8.00. The number of piperidine rings is 1. The van der Waals surface area contributed by atoms with Gasteiger partial charge in [0, 0.05) is 35.0 Å². The lowest BCUT2D eigenvalue weighted by Crippen LogP contribution is -2.39. The third kappa shape index (κ3) is 4.51. The van der Waals surface area contributed by atoms with Crippen molar-refractivity contribution in [3.8, 4) is 0 Å². The number of benzene rings is 1. The second-order valence-corrected chi connectivity index (χ2v) is 8.37. The number of nitrogens with zero attached hydrogens (tertiary/aromatic N) is 2. The summed E-state index contributed by atoms with van der Waals surface area (Å²) in [4.78, 5) is 19.9. The molecule has 4 nitrogen and oxygen atoms in total. The van der Waals surface area contributed by atoms with Gasteiger partial charge in [-0.3, -0.25) is 4.79 Å². The minimum atomic E-state index is 0.237. The van der Waals surface area contributed by atoms with Crippen LogP contribution in [0.15, 0.2) is 34.5 Å². The summed E-state index contributed by atoms with van der Waals surface area (Å²) in [6.07, 6.45) is 3.34. The molecule has 0 spiro atoms. The van der Waals surface area contributed by atoms with Gasteiger partial charge in [0.2, 0.25) is 5.91 Å². The smallest absolute Gasteiger partial charge is 0.222 e. The molecule has 2 aromatic rings. The first-order chi connectivity index (χ1) is 11.6. The number of hydrogen-bond donors (Lipinski definition) is 1. The van der Waals surface area contributed by atoms with Crippen LogP contribution in [0.2, 0.25) is 0 Å². The number of amides is 1. The van der Waals surface area contributed by atoms with Crippen molar-refractivity contribution in [1.29, 1.82) is 0 Å². The van der Waals surface area contributed by atoms with Crippen molar-refractivity contribution >= 4 is 34.1 Å². The van der Waals surface area contributed by atoms with E-state index in [1.165, 1.54) is 21.8 Å². The predicted octanol–water partition coefficient (Wildman–Crippen LogP) is 3.75. The molecule has 3 rings (SSSR count). The van der Waals surface area contributed by atoms with E-state index in [4.69, 9.17) is 5.73 Å². The molecule has 0 saturated carbocycles. The van der Waals surface area contributed by atoms with Crippen LogP contribution in [-0.4, -0.2) is 34.1 Å². The van der Waals surface area contributed by atoms with E-state index in [0.29, 0.717) is 23.2 Å². The van der Waals surface area contributed by atoms with Crippen LogP contribution in [0.3, 0.4) is 0 Å². The zero-order chi connectivity index (χ0) is 16.9. The highest BCUT2D eigenvalue weighted by Gasteiger charge is 2.23. The summed E-state index contributed by atoms with van der Waals surface area (Å²) in [6, 6.07) is 8.53. The number of thioether (sulfide) groups is 1. The van der Waals surface area contributed by atoms with E-state index < -0.39 is 0 Å². The van der Waals surface area contributed by atoms with E-state index in [2.05, 4.69) is 36.2 Å². The summed E-state index contributed by atoms with van der Waals surface area (Å²) < 4.78 is 0. The molecule has 1 aliphatic rings. The Labute approximate surface area is 151 Å². The Balaban J connectivity index is 1.44. The molecule has 0 unspecified atom stereocenters. The second kappa shape index (κ2) is 8.03. The fourth-order valence-corrected chi connectivity index (χ4v) is 4.74. The van der Waals surface area contributed by atoms with Gasteiger partial charge in [0.15, 0.2) is 5.13 Å². The normalized spacial score (nSPS) is 15.6. The Kier molecular flexibility index (Phi) is 5.79. The van der Waals surface area contributed by atoms with Gasteiger partial charge in [-0.2, -0.15) is 0 Å². The maximum absolute atomic E-state index is 12.4. The van der Waals surface area contributed by atoms with Crippen LogP contribution in [0.25, 0.3) is 0 Å². The Morgan fingerprint density at radius 2 is 2.12 bits per heavy atom. The summed E-state index contributed by atoms with van der Waals surface area (Å²) in [5.74, 6) is 0.237. The molecule has 2 heterocycles. The molecular formula is C18H23N3OS2. The molecule has 6 heteroatoms. The Morgan fingerprint density at radius 1 is 1.38 bits per heavy atom. The van der Waals surface area contributed by atoms with Crippen LogP contribution >= 0.6 is 23.1 Å². The van der Waals surface area contributed by atoms with E-state index in [-0.39, 0.29) is 5.91 Å². The molecule has 0 atom stereocenters. The maximum atomic E-state index is 12.4. The SMILES string of the molecule is Cc1ccccc1SC1CCN(C(=O)CCc2csc(N)n2)CC1. The molecule has 128 valence electrons. The van der Waals surface area contributed by atoms with Gasteiger partial charge < -0.3 is 10.6 Å². The lowest BCUT2D eigenvalue weighted by molar-refractivity contribution is -0.131. The monoisotopic (exact) mass is 361 g/mol. The van der Waals surface area contributed by atoms with Gasteiger partial charge in [0.1, 0.15) is 0 Å². The molecule has 1 aromatic carbocycles. The van der Waals surface area contributed by atoms with Gasteiger partial charge in [0.25, 0.3) is 0 Å². The molecule has 1 saturated heterocycles. The van der Waals surface area contributed by atoms with E-state index in [1.54, 1.807) is 0 Å². The van der Waals surface area contributed by atoms with E-state index in [1.807, 2.05) is 22.0 Å². The minimum Gasteiger partial charge on any atom is -0.375 e. The molecule has 1 fully saturated rings. The van der Waals surface area contributed by atoms with Gasteiger partial charge in [-0.25, -0.2) is 4.98 Å². The van der Waals surface area contributed by atoms with Crippen molar-refractivity contribution < 1.29 is 4.79 Å². The van der Waals surface area contributed by atoms with Crippen LogP contribution in [-0.2, 0) is 11.2 Å². The lowest BCUT2D eigenvalue weighted by Gasteiger charge is -2.32. The lowest BCUT2D eigenvalue weighted by atomic mass is 10.1. The minimum absolute atomic E-state index is 0.237. The highest BCUT2D eigenvalue weighted by Crippen LogP contribution is 2.32. The maximum Gasteiger partial charge on any atom is 0.222 e. The Morgan fingerprint density at radius 3 is 2.79 bits per heavy atom. The fourth-order valence-electron chi connectivity index (χ4n) is 2.92. The van der Waals surface area contributed by atoms with Crippen molar-refractivity contribution in [1.82, 2.24) is 9.88 Å². The number of aryl methyl sites for hydroxylation is 2. The molecule has 24 heavy (non-hydrogen) atoms. The average Bonchev–Trinajstić information content (AvgIpc) is 3.01. The number of thiazole rings is 1. The van der Waals surface area contributed by atoms with Crippen molar-refractivity contribution in [3.05, 3.63) is 40.9 Å². The zero-order valence-corrected chi connectivity index (χ0v) is 15.5. The van der Waals surface area contributed by atoms with Crippen LogP contribution in [0, 0.1) is 6.92 Å². The van der Waals surface area contributed by atoms with E-state index in [9.17, 15) is 4.79 Å². The number of nitrogen functional groups attached to an aromatic ring is 1. The number of nitrogens with two attached hydrogens (primary N) is 1. The number of carbonyl (C=O) groups excluding carboxylic acids is 1. The first-order valence-corrected chi connectivity index (χ1v) is 10.1. The standard InChI is InChI=1S/C18H23N3OS2/c1-13-4-2-3-5-16(13)24-15-8-10-21(11-9-15)17(22)7-6-14-12-23-18(19)20-14/h2-5,12,15H,6-11H2,1H3,(H2,19,20). The van der Waals surface area contributed by atoms with Gasteiger partial charge in [-0.05, 0) is 37.8 Å². The third-order valence-electron chi connectivity index (χ3n) is 4.35. The summed E-state index contributed by atoms with van der Waals surface area (Å²) in [7, 11) is 0. The number of hydrogen-bond acceptors (Lipinski definition) is 5. The molecule has 2 N–H and O–H groups in total. The molecule has 0 radical (unpaired) electrons. The number of aromatic nitrogens is 1. The van der Waals surface area contributed by atoms with Crippen molar-refractivity contribution in [2.45, 2.75) is 42.8 Å². The van der Waals surface area contributed by atoms with Gasteiger partial charge in [-0.15, -0.1) is 23.1 Å². The summed E-state index contributed by atoms with van der Waals surface area (Å²) in [5, 5.41) is 3.12. The Bertz CT molecular complexity index is 693. The van der Waals surface area contributed by atoms with Crippen molar-refractivity contribution in [2.75, 3.05) is 18.8 Å². The van der Waals surface area contributed by atoms with Crippen molar-refractivity contribution in [3.63, 3.8) is 0 Å². The fraction of sp³-hybridized carbons (Fsp3) is 0.444. The van der Waals surface area contributed by atoms with Gasteiger partial charge in [-0.1, -0.05) is 18.2 Å². The average molecular weight is 362 g/mol. The number of carbonyl (C=O) groups is 1. The topological polar surface area (TPSA) is 59.2 Å². The zero-order valence-electron chi connectivity index (χ0n) is 13.9. The Hall–Kier alpha value is -1.53. The van der Waals surface area contributed by atoms with Gasteiger partial charge in [0.05, 0.1) is 5.69 Å². The third-order valence-corrected chi connectivity index (χ3v) is 6.59. The largest absolute Gasteiger partial charge is 0.375 e. The number of likely N-dealkylation sites (tertiary alicyclic amines) is 1. The quantitative estimate of drug-likeness (QED) is 0.881. The van der Waals surface area contributed by atoms with Crippen LogP contribution in [0.4, 0.5) is 5.13 Å². The van der Waals surface area contributed by atoms with E-state index >= 15 is 0 Å². The summed E-state index contributed by atoms with van der Waals surface area (Å²) in [6.45, 7) is 3.88. The molecule has 0 bridgehead atoms. The summed E-state index contributed by atoms with van der Waals surface area (Å²) in [5.41, 5.74) is 7.89. The predicted molar refractivity (Wildman–Crippen MR) is 101 cm³/mol. The van der Waals surface area contributed by atoms with Crippen LogP contribution in [0.5, 0.6) is 0 Å². The first-order valence-electron chi connectivity index (χ1n) is 8.32. The second-order valence-electron chi connectivity index (χ2n) is 6.14. The molecule has 1 amide bonds. The molecule has 1 aromatic heterocycles. The number of anilines is 1.